The lowest BCUT2D eigenvalue weighted by Crippen LogP contribution is -2.15. The highest BCUT2D eigenvalue weighted by Gasteiger charge is 2.37. The maximum absolute atomic E-state index is 6.66. The molecule has 8 rings (SSSR count). The maximum Gasteiger partial charge on any atom is 0.177 e. The van der Waals surface area contributed by atoms with Gasteiger partial charge in [-0.25, -0.2) is 9.97 Å². The fraction of sp³-hybridized carbons (Fsp3) is 0.0857. The van der Waals surface area contributed by atoms with Crippen LogP contribution in [-0.2, 0) is 5.41 Å². The SMILES string of the molecule is CC1(C)c2ccccc2-c2cc3c(cc21)Oc1c(cccc1-c1cccc2nc(-c4ccccc4)ncc12)O3. The van der Waals surface area contributed by atoms with Crippen LogP contribution in [0.3, 0.4) is 0 Å². The number of rotatable bonds is 2. The summed E-state index contributed by atoms with van der Waals surface area (Å²) >= 11 is 0. The quantitative estimate of drug-likeness (QED) is 0.235. The third-order valence-corrected chi connectivity index (χ3v) is 8.01. The van der Waals surface area contributed by atoms with Crippen molar-refractivity contribution >= 4 is 10.9 Å². The highest BCUT2D eigenvalue weighted by molar-refractivity contribution is 5.97. The molecule has 5 aromatic carbocycles. The third kappa shape index (κ3) is 3.25. The normalized spacial score (nSPS) is 14.0. The van der Waals surface area contributed by atoms with Crippen molar-refractivity contribution in [3.8, 4) is 56.6 Å². The summed E-state index contributed by atoms with van der Waals surface area (Å²) in [7, 11) is 0. The van der Waals surface area contributed by atoms with Gasteiger partial charge in [0.25, 0.3) is 0 Å². The molecule has 0 spiro atoms. The zero-order valence-electron chi connectivity index (χ0n) is 21.6. The zero-order chi connectivity index (χ0) is 26.1. The Hall–Kier alpha value is -4.96. The van der Waals surface area contributed by atoms with E-state index in [1.807, 2.05) is 60.8 Å². The number of aromatic nitrogens is 2. The molecule has 2 aliphatic rings. The molecule has 0 saturated heterocycles. The summed E-state index contributed by atoms with van der Waals surface area (Å²) in [5.41, 5.74) is 8.75. The standard InChI is InChI=1S/C35H24N2O2/c1-35(2)27-15-7-6-12-23(27)25-18-31-32(19-28(25)35)39-33-24(14-9-17-30(33)38-31)22-13-8-16-29-26(22)20-36-34(37-29)21-10-4-3-5-11-21/h3-20H,1-2H3. The number of ether oxygens (including phenoxy) is 2. The smallest absolute Gasteiger partial charge is 0.177 e. The molecule has 1 aromatic heterocycles. The Morgan fingerprint density at radius 3 is 2.23 bits per heavy atom. The molecule has 4 nitrogen and oxygen atoms in total. The number of hydrogen-bond donors (Lipinski definition) is 0. The monoisotopic (exact) mass is 504 g/mol. The summed E-state index contributed by atoms with van der Waals surface area (Å²) in [5.74, 6) is 3.58. The molecular weight excluding hydrogens is 480 g/mol. The van der Waals surface area contributed by atoms with Crippen LogP contribution in [0.1, 0.15) is 25.0 Å². The summed E-state index contributed by atoms with van der Waals surface area (Å²) in [6.07, 6.45) is 1.91. The first-order valence-electron chi connectivity index (χ1n) is 13.2. The molecular formula is C35H24N2O2. The molecule has 0 N–H and O–H groups in total. The molecule has 1 aliphatic carbocycles. The van der Waals surface area contributed by atoms with E-state index in [2.05, 4.69) is 62.4 Å². The first-order valence-corrected chi connectivity index (χ1v) is 13.2. The lowest BCUT2D eigenvalue weighted by atomic mass is 9.82. The van der Waals surface area contributed by atoms with Gasteiger partial charge in [-0.3, -0.25) is 0 Å². The Balaban J connectivity index is 1.24. The van der Waals surface area contributed by atoms with E-state index >= 15 is 0 Å². The van der Waals surface area contributed by atoms with E-state index in [-0.39, 0.29) is 5.41 Å². The van der Waals surface area contributed by atoms with Gasteiger partial charge in [-0.1, -0.05) is 92.7 Å². The number of hydrogen-bond acceptors (Lipinski definition) is 4. The molecule has 1 aliphatic heterocycles. The van der Waals surface area contributed by atoms with Gasteiger partial charge in [0.2, 0.25) is 0 Å². The largest absolute Gasteiger partial charge is 0.449 e. The van der Waals surface area contributed by atoms with Crippen LogP contribution in [0.4, 0.5) is 0 Å². The highest BCUT2D eigenvalue weighted by Crippen LogP contribution is 2.56. The van der Waals surface area contributed by atoms with Crippen LogP contribution >= 0.6 is 0 Å². The zero-order valence-corrected chi connectivity index (χ0v) is 21.6. The molecule has 0 fully saturated rings. The van der Waals surface area contributed by atoms with Crippen molar-refractivity contribution in [2.24, 2.45) is 0 Å². The average Bonchev–Trinajstić information content (AvgIpc) is 3.20. The van der Waals surface area contributed by atoms with E-state index in [9.17, 15) is 0 Å². The van der Waals surface area contributed by atoms with Crippen LogP contribution in [0.5, 0.6) is 23.0 Å². The van der Waals surface area contributed by atoms with Crippen molar-refractivity contribution in [2.45, 2.75) is 19.3 Å². The van der Waals surface area contributed by atoms with E-state index < -0.39 is 0 Å². The molecule has 0 radical (unpaired) electrons. The maximum atomic E-state index is 6.66. The third-order valence-electron chi connectivity index (χ3n) is 8.01. The number of para-hydroxylation sites is 1. The lowest BCUT2D eigenvalue weighted by Gasteiger charge is -2.26. The molecule has 6 aromatic rings. The first kappa shape index (κ1) is 22.1. The van der Waals surface area contributed by atoms with Gasteiger partial charge >= 0.3 is 0 Å². The predicted molar refractivity (Wildman–Crippen MR) is 155 cm³/mol. The summed E-state index contributed by atoms with van der Waals surface area (Å²) < 4.78 is 13.1. The van der Waals surface area contributed by atoms with E-state index in [1.54, 1.807) is 0 Å². The van der Waals surface area contributed by atoms with Crippen molar-refractivity contribution in [3.63, 3.8) is 0 Å². The second-order valence-electron chi connectivity index (χ2n) is 10.7. The second kappa shape index (κ2) is 8.02. The van der Waals surface area contributed by atoms with Crippen molar-refractivity contribution < 1.29 is 9.47 Å². The molecule has 0 bridgehead atoms. The minimum atomic E-state index is -0.118. The minimum Gasteiger partial charge on any atom is -0.449 e. The molecule has 0 saturated carbocycles. The fourth-order valence-corrected chi connectivity index (χ4v) is 6.03. The van der Waals surface area contributed by atoms with Crippen LogP contribution in [-0.4, -0.2) is 9.97 Å². The number of nitrogens with zero attached hydrogens (tertiary/aromatic N) is 2. The molecule has 186 valence electrons. The van der Waals surface area contributed by atoms with Crippen molar-refractivity contribution in [2.75, 3.05) is 0 Å². The molecule has 39 heavy (non-hydrogen) atoms. The van der Waals surface area contributed by atoms with E-state index in [1.165, 1.54) is 22.3 Å². The Morgan fingerprint density at radius 2 is 1.33 bits per heavy atom. The van der Waals surface area contributed by atoms with Crippen molar-refractivity contribution in [1.82, 2.24) is 9.97 Å². The Bertz CT molecular complexity index is 1940. The van der Waals surface area contributed by atoms with Crippen LogP contribution in [0.2, 0.25) is 0 Å². The van der Waals surface area contributed by atoms with Gasteiger partial charge < -0.3 is 9.47 Å². The Kier molecular flexibility index (Phi) is 4.54. The summed E-state index contributed by atoms with van der Waals surface area (Å²) in [4.78, 5) is 9.57. The summed E-state index contributed by atoms with van der Waals surface area (Å²) in [5, 5.41) is 0.963. The Labute approximate surface area is 226 Å². The van der Waals surface area contributed by atoms with Gasteiger partial charge in [-0.2, -0.15) is 0 Å². The van der Waals surface area contributed by atoms with Crippen molar-refractivity contribution in [1.29, 1.82) is 0 Å². The van der Waals surface area contributed by atoms with Crippen LogP contribution < -0.4 is 9.47 Å². The number of fused-ring (bicyclic) bond motifs is 6. The van der Waals surface area contributed by atoms with Gasteiger partial charge in [0.05, 0.1) is 5.52 Å². The molecule has 0 unspecified atom stereocenters. The summed E-state index contributed by atoms with van der Waals surface area (Å²) in [6.45, 7) is 4.54. The van der Waals surface area contributed by atoms with Crippen LogP contribution in [0, 0.1) is 0 Å². The van der Waals surface area contributed by atoms with Crippen molar-refractivity contribution in [3.05, 3.63) is 120 Å². The molecule has 0 atom stereocenters. The van der Waals surface area contributed by atoms with E-state index in [0.717, 1.165) is 39.1 Å². The topological polar surface area (TPSA) is 44.2 Å². The fourth-order valence-electron chi connectivity index (χ4n) is 6.03. The molecule has 4 heteroatoms. The van der Waals surface area contributed by atoms with E-state index in [4.69, 9.17) is 19.4 Å². The molecule has 0 amide bonds. The molecule has 2 heterocycles. The van der Waals surface area contributed by atoms with Crippen LogP contribution in [0.25, 0.3) is 44.5 Å². The van der Waals surface area contributed by atoms with Gasteiger partial charge in [0, 0.05) is 28.1 Å². The lowest BCUT2D eigenvalue weighted by molar-refractivity contribution is 0.360. The predicted octanol–water partition coefficient (Wildman–Crippen LogP) is 9.17. The first-order chi connectivity index (χ1) is 19.1. The Morgan fingerprint density at radius 1 is 0.590 bits per heavy atom. The minimum absolute atomic E-state index is 0.118. The van der Waals surface area contributed by atoms with E-state index in [0.29, 0.717) is 17.3 Å². The second-order valence-corrected chi connectivity index (χ2v) is 10.7. The van der Waals surface area contributed by atoms with Gasteiger partial charge in [-0.05, 0) is 52.1 Å². The van der Waals surface area contributed by atoms with Crippen LogP contribution in [0.15, 0.2) is 109 Å². The highest BCUT2D eigenvalue weighted by atomic mass is 16.6. The summed E-state index contributed by atoms with van der Waals surface area (Å²) in [6, 6.07) is 35.1. The van der Waals surface area contributed by atoms with Gasteiger partial charge in [0.1, 0.15) is 0 Å². The number of benzene rings is 5. The van der Waals surface area contributed by atoms with Gasteiger partial charge in [-0.15, -0.1) is 0 Å². The average molecular weight is 505 g/mol. The van der Waals surface area contributed by atoms with Gasteiger partial charge in [0.15, 0.2) is 28.8 Å².